The molecule has 0 radical (unpaired) electrons. The van der Waals surface area contributed by atoms with E-state index in [1.807, 2.05) is 6.07 Å². The van der Waals surface area contributed by atoms with Crippen LogP contribution in [-0.2, 0) is 6.61 Å². The number of hydrogen-bond donors (Lipinski definition) is 1. The lowest BCUT2D eigenvalue weighted by molar-refractivity contribution is 0.280. The molecule has 0 aliphatic carbocycles. The molecule has 1 atom stereocenters. The third kappa shape index (κ3) is 3.24. The second-order valence-corrected chi connectivity index (χ2v) is 4.44. The van der Waals surface area contributed by atoms with E-state index >= 15 is 0 Å². The highest BCUT2D eigenvalue weighted by Crippen LogP contribution is 2.23. The van der Waals surface area contributed by atoms with Gasteiger partial charge >= 0.3 is 0 Å². The van der Waals surface area contributed by atoms with E-state index < -0.39 is 5.82 Å². The molecule has 1 aromatic carbocycles. The number of hydrogen-bond acceptors (Lipinski definition) is 4. The number of methoxy groups -OCH3 is 1. The molecule has 0 fully saturated rings. The van der Waals surface area contributed by atoms with Gasteiger partial charge in [0.1, 0.15) is 6.61 Å². The Morgan fingerprint density at radius 2 is 2.15 bits per heavy atom. The zero-order valence-electron chi connectivity index (χ0n) is 11.5. The Bertz CT molecular complexity index is 588. The van der Waals surface area contributed by atoms with Crippen LogP contribution >= 0.6 is 0 Å². The second kappa shape index (κ2) is 6.34. The lowest BCUT2D eigenvalue weighted by Crippen LogP contribution is -2.06. The molecule has 4 nitrogen and oxygen atoms in total. The average Bonchev–Trinajstić information content (AvgIpc) is 2.46. The van der Waals surface area contributed by atoms with Crippen LogP contribution < -0.4 is 15.2 Å². The highest BCUT2D eigenvalue weighted by atomic mass is 19.1. The molecule has 0 aliphatic heterocycles. The van der Waals surface area contributed by atoms with Crippen molar-refractivity contribution in [3.05, 3.63) is 53.5 Å². The number of aromatic nitrogens is 1. The van der Waals surface area contributed by atoms with E-state index in [9.17, 15) is 4.39 Å². The number of nitrogens with zero attached hydrogens (tertiary/aromatic N) is 1. The van der Waals surface area contributed by atoms with Crippen molar-refractivity contribution >= 4 is 0 Å². The average molecular weight is 276 g/mol. The fourth-order valence-corrected chi connectivity index (χ4v) is 1.79. The van der Waals surface area contributed by atoms with Crippen molar-refractivity contribution < 1.29 is 13.9 Å². The number of rotatable bonds is 5. The van der Waals surface area contributed by atoms with Crippen LogP contribution in [0.15, 0.2) is 36.5 Å². The Hall–Kier alpha value is -2.14. The van der Waals surface area contributed by atoms with Gasteiger partial charge in [-0.2, -0.15) is 0 Å². The Kier molecular flexibility index (Phi) is 4.53. The molecule has 2 N–H and O–H groups in total. The zero-order chi connectivity index (χ0) is 14.5. The normalized spacial score (nSPS) is 12.0. The van der Waals surface area contributed by atoms with Crippen molar-refractivity contribution in [3.8, 4) is 11.6 Å². The van der Waals surface area contributed by atoms with Crippen molar-refractivity contribution in [1.29, 1.82) is 0 Å². The van der Waals surface area contributed by atoms with Gasteiger partial charge in [0.2, 0.25) is 5.88 Å². The van der Waals surface area contributed by atoms with Gasteiger partial charge in [0.05, 0.1) is 12.7 Å². The first-order valence-corrected chi connectivity index (χ1v) is 6.27. The minimum Gasteiger partial charge on any atom is -0.486 e. The van der Waals surface area contributed by atoms with Crippen LogP contribution in [0.5, 0.6) is 11.6 Å². The van der Waals surface area contributed by atoms with Gasteiger partial charge in [0.15, 0.2) is 11.6 Å². The van der Waals surface area contributed by atoms with Gasteiger partial charge in [-0.3, -0.25) is 0 Å². The van der Waals surface area contributed by atoms with Crippen LogP contribution in [0.1, 0.15) is 24.1 Å². The third-order valence-corrected chi connectivity index (χ3v) is 2.91. The van der Waals surface area contributed by atoms with Crippen LogP contribution in [0.2, 0.25) is 0 Å². The summed E-state index contributed by atoms with van der Waals surface area (Å²) in [6.45, 7) is 1.99. The Labute approximate surface area is 117 Å². The number of halogens is 1. The molecule has 20 heavy (non-hydrogen) atoms. The fourth-order valence-electron chi connectivity index (χ4n) is 1.79. The number of benzene rings is 1. The second-order valence-electron chi connectivity index (χ2n) is 4.44. The van der Waals surface area contributed by atoms with Crippen LogP contribution in [0.25, 0.3) is 0 Å². The van der Waals surface area contributed by atoms with Crippen LogP contribution in [0, 0.1) is 5.82 Å². The lowest BCUT2D eigenvalue weighted by Gasteiger charge is -2.11. The molecule has 0 bridgehead atoms. The maximum atomic E-state index is 13.9. The number of ether oxygens (including phenoxy) is 2. The van der Waals surface area contributed by atoms with Gasteiger partial charge in [-0.15, -0.1) is 0 Å². The molecule has 0 aliphatic rings. The monoisotopic (exact) mass is 276 g/mol. The summed E-state index contributed by atoms with van der Waals surface area (Å²) in [6.07, 6.45) is 1.63. The van der Waals surface area contributed by atoms with Crippen LogP contribution in [0.4, 0.5) is 4.39 Å². The smallest absolute Gasteiger partial charge is 0.219 e. The molecule has 5 heteroatoms. The van der Waals surface area contributed by atoms with E-state index in [0.29, 0.717) is 5.88 Å². The predicted molar refractivity (Wildman–Crippen MR) is 74.1 cm³/mol. The summed E-state index contributed by atoms with van der Waals surface area (Å²) < 4.78 is 24.4. The summed E-state index contributed by atoms with van der Waals surface area (Å²) in [7, 11) is 1.53. The maximum absolute atomic E-state index is 13.9. The van der Waals surface area contributed by atoms with Crippen molar-refractivity contribution in [3.63, 3.8) is 0 Å². The zero-order valence-corrected chi connectivity index (χ0v) is 11.5. The van der Waals surface area contributed by atoms with Crippen molar-refractivity contribution in [2.75, 3.05) is 7.11 Å². The molecule has 2 rings (SSSR count). The Morgan fingerprint density at radius 1 is 1.35 bits per heavy atom. The van der Waals surface area contributed by atoms with Gasteiger partial charge in [0, 0.05) is 12.2 Å². The first-order valence-electron chi connectivity index (χ1n) is 6.27. The van der Waals surface area contributed by atoms with Crippen molar-refractivity contribution in [2.45, 2.75) is 19.6 Å². The molecule has 1 aromatic heterocycles. The summed E-state index contributed by atoms with van der Waals surface area (Å²) >= 11 is 0. The maximum Gasteiger partial charge on any atom is 0.219 e. The van der Waals surface area contributed by atoms with E-state index in [-0.39, 0.29) is 18.4 Å². The van der Waals surface area contributed by atoms with Gasteiger partial charge in [-0.25, -0.2) is 9.37 Å². The van der Waals surface area contributed by atoms with E-state index in [0.717, 1.165) is 11.1 Å². The first kappa shape index (κ1) is 14.3. The van der Waals surface area contributed by atoms with E-state index in [2.05, 4.69) is 4.98 Å². The summed E-state index contributed by atoms with van der Waals surface area (Å²) in [5.41, 5.74) is 7.19. The highest BCUT2D eigenvalue weighted by Gasteiger charge is 2.09. The van der Waals surface area contributed by atoms with Crippen molar-refractivity contribution in [1.82, 2.24) is 4.98 Å². The highest BCUT2D eigenvalue weighted by molar-refractivity contribution is 5.32. The van der Waals surface area contributed by atoms with E-state index in [4.69, 9.17) is 15.2 Å². The molecule has 0 unspecified atom stereocenters. The van der Waals surface area contributed by atoms with Gasteiger partial charge in [-0.1, -0.05) is 6.07 Å². The minimum atomic E-state index is -0.428. The molecule has 106 valence electrons. The molecule has 0 spiro atoms. The SMILES string of the molecule is COc1ncccc1COc1ccc([C@@H](C)N)cc1F. The molecular weight excluding hydrogens is 259 g/mol. The van der Waals surface area contributed by atoms with Gasteiger partial charge < -0.3 is 15.2 Å². The van der Waals surface area contributed by atoms with Crippen LogP contribution in [-0.4, -0.2) is 12.1 Å². The minimum absolute atomic E-state index is 0.181. The van der Waals surface area contributed by atoms with Crippen LogP contribution in [0.3, 0.4) is 0 Å². The fraction of sp³-hybridized carbons (Fsp3) is 0.267. The quantitative estimate of drug-likeness (QED) is 0.912. The summed E-state index contributed by atoms with van der Waals surface area (Å²) in [6, 6.07) is 8.11. The van der Waals surface area contributed by atoms with Gasteiger partial charge in [-0.05, 0) is 36.8 Å². The largest absolute Gasteiger partial charge is 0.486 e. The first-order chi connectivity index (χ1) is 9.61. The Morgan fingerprint density at radius 3 is 2.80 bits per heavy atom. The standard InChI is InChI=1S/C15H17FN2O2/c1-10(17)11-5-6-14(13(16)8-11)20-9-12-4-3-7-18-15(12)19-2/h3-8,10H,9,17H2,1-2H3/t10-/m1/s1. The molecular formula is C15H17FN2O2. The number of nitrogens with two attached hydrogens (primary N) is 1. The molecule has 0 saturated carbocycles. The lowest BCUT2D eigenvalue weighted by atomic mass is 10.1. The molecule has 2 aromatic rings. The van der Waals surface area contributed by atoms with E-state index in [1.54, 1.807) is 31.3 Å². The molecule has 1 heterocycles. The topological polar surface area (TPSA) is 57.4 Å². The van der Waals surface area contributed by atoms with E-state index in [1.165, 1.54) is 13.2 Å². The third-order valence-electron chi connectivity index (χ3n) is 2.91. The predicted octanol–water partition coefficient (Wildman–Crippen LogP) is 2.83. The summed E-state index contributed by atoms with van der Waals surface area (Å²) in [4.78, 5) is 4.06. The molecule has 0 saturated heterocycles. The summed E-state index contributed by atoms with van der Waals surface area (Å²) in [5.74, 6) is 0.225. The summed E-state index contributed by atoms with van der Waals surface area (Å²) in [5, 5.41) is 0. The number of pyridine rings is 1. The van der Waals surface area contributed by atoms with Crippen molar-refractivity contribution in [2.24, 2.45) is 5.73 Å². The Balaban J connectivity index is 2.11. The molecule has 0 amide bonds. The van der Waals surface area contributed by atoms with Gasteiger partial charge in [0.25, 0.3) is 0 Å².